The Balaban J connectivity index is 4.42. The van der Waals surface area contributed by atoms with Crippen LogP contribution in [0.2, 0.25) is 0 Å². The first-order chi connectivity index (χ1) is 40.0. The Kier molecular flexibility index (Phi) is 65.2. The van der Waals surface area contributed by atoms with Crippen LogP contribution in [0.15, 0.2) is 109 Å². The van der Waals surface area contributed by atoms with E-state index in [0.717, 1.165) is 122 Å². The van der Waals surface area contributed by atoms with Gasteiger partial charge >= 0.3 is 17.9 Å². The summed E-state index contributed by atoms with van der Waals surface area (Å²) in [5.74, 6) is -0.902. The van der Waals surface area contributed by atoms with Crippen molar-refractivity contribution in [1.29, 1.82) is 0 Å². The predicted octanol–water partition coefficient (Wildman–Crippen LogP) is 23.8. The Morgan fingerprint density at radius 1 is 0.259 bits per heavy atom. The monoisotopic (exact) mass is 1120 g/mol. The molecule has 0 bridgehead atoms. The lowest BCUT2D eigenvalue weighted by atomic mass is 10.0. The number of esters is 3. The van der Waals surface area contributed by atoms with Gasteiger partial charge in [0.15, 0.2) is 6.10 Å². The van der Waals surface area contributed by atoms with Crippen molar-refractivity contribution in [2.45, 2.75) is 335 Å². The number of rotatable bonds is 62. The van der Waals surface area contributed by atoms with Crippen molar-refractivity contribution in [2.24, 2.45) is 0 Å². The van der Waals surface area contributed by atoms with Gasteiger partial charge in [-0.25, -0.2) is 0 Å². The molecule has 0 heterocycles. The Bertz CT molecular complexity index is 1620. The molecule has 0 spiro atoms. The minimum Gasteiger partial charge on any atom is -0.462 e. The lowest BCUT2D eigenvalue weighted by molar-refractivity contribution is -0.167. The Morgan fingerprint density at radius 2 is 0.481 bits per heavy atom. The number of carbonyl (C=O) groups is 3. The topological polar surface area (TPSA) is 78.9 Å². The van der Waals surface area contributed by atoms with Crippen LogP contribution in [-0.2, 0) is 28.6 Å². The molecule has 0 aliphatic heterocycles. The highest BCUT2D eigenvalue weighted by molar-refractivity contribution is 5.71. The molecule has 0 fully saturated rings. The zero-order chi connectivity index (χ0) is 58.5. The van der Waals surface area contributed by atoms with Crippen LogP contribution >= 0.6 is 0 Å². The van der Waals surface area contributed by atoms with Gasteiger partial charge < -0.3 is 14.2 Å². The van der Waals surface area contributed by atoms with Crippen LogP contribution in [0.4, 0.5) is 0 Å². The van der Waals surface area contributed by atoms with E-state index in [-0.39, 0.29) is 31.1 Å². The Morgan fingerprint density at radius 3 is 0.778 bits per heavy atom. The first-order valence-corrected chi connectivity index (χ1v) is 34.4. The second-order valence-corrected chi connectivity index (χ2v) is 22.7. The van der Waals surface area contributed by atoms with Crippen molar-refractivity contribution >= 4 is 17.9 Å². The first kappa shape index (κ1) is 77.1. The van der Waals surface area contributed by atoms with Crippen LogP contribution < -0.4 is 0 Å². The summed E-state index contributed by atoms with van der Waals surface area (Å²) in [5, 5.41) is 0. The molecule has 1 unspecified atom stereocenters. The van der Waals surface area contributed by atoms with Gasteiger partial charge in [0, 0.05) is 19.3 Å². The highest BCUT2D eigenvalue weighted by Crippen LogP contribution is 2.16. The summed E-state index contributed by atoms with van der Waals surface area (Å²) in [6.45, 7) is 6.51. The summed E-state index contributed by atoms with van der Waals surface area (Å²) >= 11 is 0. The van der Waals surface area contributed by atoms with Crippen molar-refractivity contribution < 1.29 is 28.6 Å². The van der Waals surface area contributed by atoms with Gasteiger partial charge in [-0.2, -0.15) is 0 Å². The summed E-state index contributed by atoms with van der Waals surface area (Å²) in [4.78, 5) is 38.5. The maximum absolute atomic E-state index is 13.0. The number of ether oxygens (including phenoxy) is 3. The number of hydrogen-bond donors (Lipinski definition) is 0. The summed E-state index contributed by atoms with van der Waals surface area (Å²) in [7, 11) is 0. The fourth-order valence-corrected chi connectivity index (χ4v) is 9.59. The summed E-state index contributed by atoms with van der Waals surface area (Å²) < 4.78 is 17.0. The van der Waals surface area contributed by atoms with Crippen molar-refractivity contribution in [3.63, 3.8) is 0 Å². The third kappa shape index (κ3) is 66.8. The smallest absolute Gasteiger partial charge is 0.306 e. The molecule has 0 N–H and O–H groups in total. The van der Waals surface area contributed by atoms with Crippen molar-refractivity contribution in [3.8, 4) is 0 Å². The van der Waals surface area contributed by atoms with Gasteiger partial charge in [0.1, 0.15) is 13.2 Å². The molecule has 81 heavy (non-hydrogen) atoms. The van der Waals surface area contributed by atoms with Crippen molar-refractivity contribution in [2.75, 3.05) is 13.2 Å². The molecule has 0 saturated carbocycles. The van der Waals surface area contributed by atoms with Crippen LogP contribution in [0.1, 0.15) is 329 Å². The van der Waals surface area contributed by atoms with E-state index in [9.17, 15) is 14.4 Å². The average Bonchev–Trinajstić information content (AvgIpc) is 3.47. The summed E-state index contributed by atoms with van der Waals surface area (Å²) in [6, 6.07) is 0. The third-order valence-electron chi connectivity index (χ3n) is 14.7. The quantitative estimate of drug-likeness (QED) is 0.0261. The lowest BCUT2D eigenvalue weighted by Crippen LogP contribution is -2.30. The van der Waals surface area contributed by atoms with E-state index in [1.54, 1.807) is 0 Å². The second kappa shape index (κ2) is 68.6. The molecule has 0 aromatic carbocycles. The molecule has 0 aliphatic rings. The Labute approximate surface area is 501 Å². The molecule has 0 radical (unpaired) electrons. The highest BCUT2D eigenvalue weighted by Gasteiger charge is 2.19. The van der Waals surface area contributed by atoms with Gasteiger partial charge in [-0.05, 0) is 128 Å². The zero-order valence-electron chi connectivity index (χ0n) is 53.3. The maximum atomic E-state index is 13.0. The maximum Gasteiger partial charge on any atom is 0.306 e. The molecular formula is C75H128O6. The highest BCUT2D eigenvalue weighted by atomic mass is 16.6. The number of unbranched alkanes of at least 4 members (excludes halogenated alkanes) is 33. The van der Waals surface area contributed by atoms with Gasteiger partial charge in [0.05, 0.1) is 0 Å². The minimum atomic E-state index is -0.795. The molecule has 0 aliphatic carbocycles. The van der Waals surface area contributed by atoms with Crippen LogP contribution in [0, 0.1) is 0 Å². The van der Waals surface area contributed by atoms with Gasteiger partial charge in [-0.15, -0.1) is 0 Å². The van der Waals surface area contributed by atoms with E-state index in [2.05, 4.69) is 130 Å². The van der Waals surface area contributed by atoms with Gasteiger partial charge in [-0.3, -0.25) is 14.4 Å². The van der Waals surface area contributed by atoms with Crippen molar-refractivity contribution in [3.05, 3.63) is 109 Å². The molecular weight excluding hydrogens is 997 g/mol. The third-order valence-corrected chi connectivity index (χ3v) is 14.7. The molecule has 0 saturated heterocycles. The molecule has 6 heteroatoms. The van der Waals surface area contributed by atoms with E-state index >= 15 is 0 Å². The molecule has 0 aromatic heterocycles. The largest absolute Gasteiger partial charge is 0.462 e. The minimum absolute atomic E-state index is 0.0884. The van der Waals surface area contributed by atoms with Gasteiger partial charge in [-0.1, -0.05) is 291 Å². The predicted molar refractivity (Wildman–Crippen MR) is 353 cm³/mol. The van der Waals surface area contributed by atoms with Gasteiger partial charge in [0.25, 0.3) is 0 Å². The molecule has 6 nitrogen and oxygen atoms in total. The molecule has 0 amide bonds. The first-order valence-electron chi connectivity index (χ1n) is 34.4. The molecule has 464 valence electrons. The van der Waals surface area contributed by atoms with Crippen LogP contribution in [0.3, 0.4) is 0 Å². The van der Waals surface area contributed by atoms with E-state index in [0.29, 0.717) is 19.3 Å². The molecule has 0 aromatic rings. The van der Waals surface area contributed by atoms with E-state index in [1.807, 2.05) is 0 Å². The fourth-order valence-electron chi connectivity index (χ4n) is 9.59. The standard InChI is InChI=1S/C75H128O6/c1-4-7-10-13-16-19-22-25-28-31-34-36-37-39-41-44-47-50-53-56-59-62-65-68-74(77)80-71-72(70-79-73(76)67-64-61-58-55-52-49-46-43-40-33-30-27-24-21-18-15-12-9-6-3)81-75(78)69-66-63-60-57-54-51-48-45-42-38-35-32-29-26-23-20-17-14-11-8-5-2/h8,11,17-18,20-22,25-27,29-31,34-35,38,45,48,72H,4-7,9-10,12-16,19,23-24,28,32-33,36-37,39-44,46-47,49-71H2,1-3H3/b11-8-,20-17-,21-18-,25-22-,29-26-,30-27-,34-31-,38-35-,48-45-. The Hall–Kier alpha value is -3.93. The van der Waals surface area contributed by atoms with Crippen LogP contribution in [0.5, 0.6) is 0 Å². The number of hydrogen-bond acceptors (Lipinski definition) is 6. The van der Waals surface area contributed by atoms with Gasteiger partial charge in [0.2, 0.25) is 0 Å². The van der Waals surface area contributed by atoms with Crippen molar-refractivity contribution in [1.82, 2.24) is 0 Å². The second-order valence-electron chi connectivity index (χ2n) is 22.7. The normalized spacial score (nSPS) is 12.8. The molecule has 1 atom stereocenters. The van der Waals surface area contributed by atoms with E-state index in [1.165, 1.54) is 167 Å². The van der Waals surface area contributed by atoms with Crippen LogP contribution in [0.25, 0.3) is 0 Å². The lowest BCUT2D eigenvalue weighted by Gasteiger charge is -2.18. The number of allylic oxidation sites excluding steroid dienone is 18. The summed E-state index contributed by atoms with van der Waals surface area (Å²) in [6.07, 6.45) is 93.8. The SMILES string of the molecule is CC/C=C\C/C=C\C/C=C\C/C=C\C/C=C\CCCCCCCC(=O)OC(COC(=O)CCCCCCCCCCC/C=C\C/C=C\CCCCC)COC(=O)CCCCCCCCCCCCC/C=C\C/C=C\CCCCCCC. The zero-order valence-corrected chi connectivity index (χ0v) is 53.3. The van der Waals surface area contributed by atoms with Crippen LogP contribution in [-0.4, -0.2) is 37.2 Å². The molecule has 0 rings (SSSR count). The summed E-state index contributed by atoms with van der Waals surface area (Å²) in [5.41, 5.74) is 0. The average molecular weight is 1130 g/mol. The van der Waals surface area contributed by atoms with E-state index in [4.69, 9.17) is 14.2 Å². The fraction of sp³-hybridized carbons (Fsp3) is 0.720. The van der Waals surface area contributed by atoms with E-state index < -0.39 is 6.10 Å². The number of carbonyl (C=O) groups excluding carboxylic acids is 3.